The van der Waals surface area contributed by atoms with Gasteiger partial charge in [0.05, 0.1) is 15.2 Å². The van der Waals surface area contributed by atoms with E-state index in [0.29, 0.717) is 18.2 Å². The summed E-state index contributed by atoms with van der Waals surface area (Å²) in [6.45, 7) is 1.61. The highest BCUT2D eigenvalue weighted by atomic mass is 32.1. The Kier molecular flexibility index (Phi) is 3.17. The van der Waals surface area contributed by atoms with E-state index in [0.717, 1.165) is 40.1 Å². The van der Waals surface area contributed by atoms with Gasteiger partial charge in [-0.2, -0.15) is 5.10 Å². The SMILES string of the molecule is O=C(Nc1ccc2nc(C3CC3)sc2c1)c1n[nH]c2c1CNCC2. The minimum Gasteiger partial charge on any atom is -0.321 e. The number of aromatic nitrogens is 3. The van der Waals surface area contributed by atoms with Crippen LogP contribution in [-0.4, -0.2) is 27.6 Å². The first-order valence-electron chi connectivity index (χ1n) is 8.26. The van der Waals surface area contributed by atoms with E-state index >= 15 is 0 Å². The van der Waals surface area contributed by atoms with Gasteiger partial charge < -0.3 is 10.6 Å². The molecule has 0 atom stereocenters. The van der Waals surface area contributed by atoms with Gasteiger partial charge in [-0.25, -0.2) is 4.98 Å². The van der Waals surface area contributed by atoms with E-state index in [1.165, 1.54) is 17.8 Å². The number of thiazole rings is 1. The van der Waals surface area contributed by atoms with Crippen molar-refractivity contribution < 1.29 is 4.79 Å². The van der Waals surface area contributed by atoms with Crippen LogP contribution in [0.4, 0.5) is 5.69 Å². The Bertz CT molecular complexity index is 940. The first-order valence-corrected chi connectivity index (χ1v) is 9.08. The number of hydrogen-bond acceptors (Lipinski definition) is 5. The van der Waals surface area contributed by atoms with Crippen LogP contribution < -0.4 is 10.6 Å². The van der Waals surface area contributed by atoms with Crippen LogP contribution in [0.1, 0.15) is 45.5 Å². The summed E-state index contributed by atoms with van der Waals surface area (Å²) in [7, 11) is 0. The Morgan fingerprint density at radius 1 is 1.33 bits per heavy atom. The average molecular weight is 339 g/mol. The Balaban J connectivity index is 1.41. The number of amides is 1. The van der Waals surface area contributed by atoms with Crippen LogP contribution in [0.25, 0.3) is 10.2 Å². The molecule has 1 amide bonds. The maximum absolute atomic E-state index is 12.6. The summed E-state index contributed by atoms with van der Waals surface area (Å²) in [5.41, 5.74) is 4.33. The second kappa shape index (κ2) is 5.39. The summed E-state index contributed by atoms with van der Waals surface area (Å²) < 4.78 is 1.13. The Hall–Kier alpha value is -2.25. The number of fused-ring (bicyclic) bond motifs is 2. The van der Waals surface area contributed by atoms with Crippen molar-refractivity contribution in [2.24, 2.45) is 0 Å². The molecule has 3 aromatic rings. The number of carbonyl (C=O) groups is 1. The highest BCUT2D eigenvalue weighted by Crippen LogP contribution is 2.43. The molecule has 0 spiro atoms. The average Bonchev–Trinajstić information content (AvgIpc) is 3.21. The topological polar surface area (TPSA) is 82.7 Å². The summed E-state index contributed by atoms with van der Waals surface area (Å²) in [6, 6.07) is 5.90. The van der Waals surface area contributed by atoms with Gasteiger partial charge >= 0.3 is 0 Å². The van der Waals surface area contributed by atoms with Crippen LogP contribution in [0.3, 0.4) is 0 Å². The summed E-state index contributed by atoms with van der Waals surface area (Å²) in [4.78, 5) is 17.3. The third kappa shape index (κ3) is 2.40. The molecule has 3 heterocycles. The fourth-order valence-corrected chi connectivity index (χ4v) is 4.30. The molecule has 0 saturated heterocycles. The molecule has 1 fully saturated rings. The molecule has 0 bridgehead atoms. The summed E-state index contributed by atoms with van der Waals surface area (Å²) in [5.74, 6) is 0.492. The summed E-state index contributed by atoms with van der Waals surface area (Å²) >= 11 is 1.74. The number of H-pyrrole nitrogens is 1. The number of nitrogens with zero attached hydrogens (tertiary/aromatic N) is 2. The predicted octanol–water partition coefficient (Wildman–Crippen LogP) is 2.79. The first kappa shape index (κ1) is 14.1. The van der Waals surface area contributed by atoms with Crippen molar-refractivity contribution in [1.29, 1.82) is 0 Å². The smallest absolute Gasteiger partial charge is 0.276 e. The van der Waals surface area contributed by atoms with Crippen molar-refractivity contribution in [3.8, 4) is 0 Å². The van der Waals surface area contributed by atoms with E-state index in [1.54, 1.807) is 11.3 Å². The van der Waals surface area contributed by atoms with Gasteiger partial charge in [0.2, 0.25) is 0 Å². The summed E-state index contributed by atoms with van der Waals surface area (Å²) in [6.07, 6.45) is 3.38. The lowest BCUT2D eigenvalue weighted by Crippen LogP contribution is -2.25. The van der Waals surface area contributed by atoms with Crippen LogP contribution in [0, 0.1) is 0 Å². The molecule has 2 aromatic heterocycles. The van der Waals surface area contributed by atoms with E-state index in [9.17, 15) is 4.79 Å². The molecule has 2 aliphatic rings. The zero-order chi connectivity index (χ0) is 16.1. The van der Waals surface area contributed by atoms with Crippen molar-refractivity contribution in [3.05, 3.63) is 40.2 Å². The van der Waals surface area contributed by atoms with Gasteiger partial charge in [-0.05, 0) is 31.0 Å². The van der Waals surface area contributed by atoms with Crippen LogP contribution in [-0.2, 0) is 13.0 Å². The number of rotatable bonds is 3. The Labute approximate surface area is 142 Å². The molecular weight excluding hydrogens is 322 g/mol. The highest BCUT2D eigenvalue weighted by Gasteiger charge is 2.27. The minimum absolute atomic E-state index is 0.164. The Morgan fingerprint density at radius 3 is 3.12 bits per heavy atom. The van der Waals surface area contributed by atoms with Crippen molar-refractivity contribution in [1.82, 2.24) is 20.5 Å². The highest BCUT2D eigenvalue weighted by molar-refractivity contribution is 7.18. The van der Waals surface area contributed by atoms with Gasteiger partial charge in [-0.3, -0.25) is 9.89 Å². The van der Waals surface area contributed by atoms with Gasteiger partial charge in [0, 0.05) is 42.4 Å². The van der Waals surface area contributed by atoms with Gasteiger partial charge in [-0.15, -0.1) is 11.3 Å². The van der Waals surface area contributed by atoms with Crippen LogP contribution in [0.15, 0.2) is 18.2 Å². The lowest BCUT2D eigenvalue weighted by atomic mass is 10.1. The third-order valence-corrected chi connectivity index (χ3v) is 5.79. The minimum atomic E-state index is -0.164. The maximum atomic E-state index is 12.6. The lowest BCUT2D eigenvalue weighted by molar-refractivity contribution is 0.102. The number of hydrogen-bond donors (Lipinski definition) is 3. The summed E-state index contributed by atoms with van der Waals surface area (Å²) in [5, 5.41) is 14.7. The maximum Gasteiger partial charge on any atom is 0.276 e. The number of carbonyl (C=O) groups excluding carboxylic acids is 1. The fourth-order valence-electron chi connectivity index (χ4n) is 3.13. The molecule has 0 radical (unpaired) electrons. The van der Waals surface area contributed by atoms with Gasteiger partial charge in [0.1, 0.15) is 0 Å². The molecule has 24 heavy (non-hydrogen) atoms. The number of benzene rings is 1. The van der Waals surface area contributed by atoms with E-state index in [-0.39, 0.29) is 5.91 Å². The van der Waals surface area contributed by atoms with Crippen LogP contribution in [0.5, 0.6) is 0 Å². The number of nitrogens with one attached hydrogen (secondary N) is 3. The molecule has 1 aromatic carbocycles. The predicted molar refractivity (Wildman–Crippen MR) is 93.5 cm³/mol. The molecule has 5 rings (SSSR count). The zero-order valence-corrected chi connectivity index (χ0v) is 13.9. The van der Waals surface area contributed by atoms with Crippen LogP contribution >= 0.6 is 11.3 Å². The van der Waals surface area contributed by atoms with E-state index in [4.69, 9.17) is 0 Å². The molecule has 1 saturated carbocycles. The number of anilines is 1. The molecule has 122 valence electrons. The molecule has 1 aliphatic heterocycles. The molecular formula is C17H17N5OS. The lowest BCUT2D eigenvalue weighted by Gasteiger charge is -2.12. The normalized spacial score (nSPS) is 17.0. The van der Waals surface area contributed by atoms with E-state index in [1.807, 2.05) is 18.2 Å². The molecule has 1 aliphatic carbocycles. The van der Waals surface area contributed by atoms with Gasteiger partial charge in [0.25, 0.3) is 5.91 Å². The molecule has 3 N–H and O–H groups in total. The quantitative estimate of drug-likeness (QED) is 0.685. The van der Waals surface area contributed by atoms with Crippen molar-refractivity contribution in [2.45, 2.75) is 31.7 Å². The van der Waals surface area contributed by atoms with Crippen LogP contribution in [0.2, 0.25) is 0 Å². The second-order valence-corrected chi connectivity index (χ2v) is 7.48. The zero-order valence-electron chi connectivity index (χ0n) is 13.1. The standard InChI is InChI=1S/C17H17N5OS/c23-16(15-11-8-18-6-5-12(11)21-22-15)19-10-3-4-13-14(7-10)24-17(20-13)9-1-2-9/h3-4,7,9,18H,1-2,5-6,8H2,(H,19,23)(H,21,22). The third-order valence-electron chi connectivity index (χ3n) is 4.61. The largest absolute Gasteiger partial charge is 0.321 e. The number of aromatic amines is 1. The Morgan fingerprint density at radius 2 is 2.25 bits per heavy atom. The fraction of sp³-hybridized carbons (Fsp3) is 0.353. The van der Waals surface area contributed by atoms with Crippen molar-refractivity contribution in [2.75, 3.05) is 11.9 Å². The van der Waals surface area contributed by atoms with E-state index in [2.05, 4.69) is 25.8 Å². The van der Waals surface area contributed by atoms with E-state index < -0.39 is 0 Å². The molecule has 7 heteroatoms. The second-order valence-electron chi connectivity index (χ2n) is 6.42. The molecule has 0 unspecified atom stereocenters. The van der Waals surface area contributed by atoms with Gasteiger partial charge in [-0.1, -0.05) is 0 Å². The first-order chi connectivity index (χ1) is 11.8. The van der Waals surface area contributed by atoms with Crippen molar-refractivity contribution in [3.63, 3.8) is 0 Å². The monoisotopic (exact) mass is 339 g/mol. The molecule has 6 nitrogen and oxygen atoms in total. The van der Waals surface area contributed by atoms with Crippen molar-refractivity contribution >= 4 is 33.1 Å². The van der Waals surface area contributed by atoms with Gasteiger partial charge in [0.15, 0.2) is 5.69 Å².